The van der Waals surface area contributed by atoms with Crippen molar-refractivity contribution in [2.24, 2.45) is 0 Å². The van der Waals surface area contributed by atoms with Crippen molar-refractivity contribution in [3.8, 4) is 17.2 Å². The van der Waals surface area contributed by atoms with Crippen LogP contribution in [0.25, 0.3) is 0 Å². The number of aliphatic carboxylic acids is 1. The van der Waals surface area contributed by atoms with Crippen molar-refractivity contribution >= 4 is 17.5 Å². The van der Waals surface area contributed by atoms with Crippen molar-refractivity contribution in [2.45, 2.75) is 13.0 Å². The third-order valence-electron chi connectivity index (χ3n) is 4.59. The second-order valence-electron chi connectivity index (χ2n) is 7.22. The SMILES string of the molecule is COCCOCOc1cc(OCOCCOC)c(C(=O)CC(=O)C(=O)O)c(OCc2ccccc2)c1. The second kappa shape index (κ2) is 16.2. The van der Waals surface area contributed by atoms with Crippen LogP contribution in [-0.2, 0) is 35.1 Å². The Kier molecular flexibility index (Phi) is 12.9. The van der Waals surface area contributed by atoms with Gasteiger partial charge >= 0.3 is 5.97 Å². The van der Waals surface area contributed by atoms with E-state index >= 15 is 0 Å². The Morgan fingerprint density at radius 2 is 1.36 bits per heavy atom. The second-order valence-corrected chi connectivity index (χ2v) is 7.22. The molecule has 1 N–H and O–H groups in total. The first-order chi connectivity index (χ1) is 17.5. The number of ether oxygens (including phenoxy) is 7. The molecule has 0 saturated carbocycles. The van der Waals surface area contributed by atoms with Gasteiger partial charge in [-0.2, -0.15) is 0 Å². The summed E-state index contributed by atoms with van der Waals surface area (Å²) in [4.78, 5) is 35.8. The van der Waals surface area contributed by atoms with E-state index in [1.54, 1.807) is 7.11 Å². The monoisotopic (exact) mass is 506 g/mol. The van der Waals surface area contributed by atoms with Crippen molar-refractivity contribution in [3.63, 3.8) is 0 Å². The minimum atomic E-state index is -1.71. The van der Waals surface area contributed by atoms with E-state index < -0.39 is 24.0 Å². The van der Waals surface area contributed by atoms with Crippen molar-refractivity contribution in [2.75, 3.05) is 54.2 Å². The van der Waals surface area contributed by atoms with E-state index in [9.17, 15) is 14.4 Å². The zero-order valence-electron chi connectivity index (χ0n) is 20.2. The lowest BCUT2D eigenvalue weighted by Gasteiger charge is -2.18. The van der Waals surface area contributed by atoms with Gasteiger partial charge in [0.2, 0.25) is 5.78 Å². The van der Waals surface area contributed by atoms with Crippen molar-refractivity contribution in [1.82, 2.24) is 0 Å². The molecule has 2 aromatic rings. The molecule has 0 fully saturated rings. The number of carbonyl (C=O) groups excluding carboxylic acids is 2. The summed E-state index contributed by atoms with van der Waals surface area (Å²) in [7, 11) is 3.07. The molecule has 0 bridgehead atoms. The molecule has 0 aromatic heterocycles. The molecule has 11 nitrogen and oxygen atoms in total. The molecule has 2 aromatic carbocycles. The van der Waals surface area contributed by atoms with Gasteiger partial charge in [0, 0.05) is 26.4 Å². The molecule has 0 unspecified atom stereocenters. The van der Waals surface area contributed by atoms with E-state index in [0.29, 0.717) is 19.8 Å². The van der Waals surface area contributed by atoms with E-state index in [-0.39, 0.29) is 49.6 Å². The minimum Gasteiger partial charge on any atom is -0.488 e. The maximum Gasteiger partial charge on any atom is 0.372 e. The fourth-order valence-electron chi connectivity index (χ4n) is 2.81. The van der Waals surface area contributed by atoms with Crippen LogP contribution in [0.1, 0.15) is 22.3 Å². The van der Waals surface area contributed by atoms with Crippen LogP contribution in [0.15, 0.2) is 42.5 Å². The predicted octanol–water partition coefficient (Wildman–Crippen LogP) is 2.49. The van der Waals surface area contributed by atoms with E-state index in [1.165, 1.54) is 19.2 Å². The highest BCUT2D eigenvalue weighted by atomic mass is 16.7. The molecule has 0 amide bonds. The van der Waals surface area contributed by atoms with Crippen molar-refractivity contribution < 1.29 is 52.6 Å². The molecular weight excluding hydrogens is 476 g/mol. The number of rotatable bonds is 19. The zero-order chi connectivity index (χ0) is 26.2. The number of carboxylic acids is 1. The topological polar surface area (TPSA) is 136 Å². The van der Waals surface area contributed by atoms with Gasteiger partial charge in [0.15, 0.2) is 19.4 Å². The highest BCUT2D eigenvalue weighted by molar-refractivity contribution is 6.37. The molecule has 0 spiro atoms. The minimum absolute atomic E-state index is 0.00643. The van der Waals surface area contributed by atoms with Gasteiger partial charge < -0.3 is 38.3 Å². The average Bonchev–Trinajstić information content (AvgIpc) is 2.87. The van der Waals surface area contributed by atoms with Crippen LogP contribution >= 0.6 is 0 Å². The van der Waals surface area contributed by atoms with Gasteiger partial charge in [-0.3, -0.25) is 9.59 Å². The molecule has 0 aliphatic rings. The van der Waals surface area contributed by atoms with Crippen LogP contribution < -0.4 is 14.2 Å². The van der Waals surface area contributed by atoms with Crippen LogP contribution in [0.2, 0.25) is 0 Å². The Hall–Kier alpha value is -3.51. The van der Waals surface area contributed by atoms with Gasteiger partial charge in [0.05, 0.1) is 32.8 Å². The average molecular weight is 507 g/mol. The van der Waals surface area contributed by atoms with Gasteiger partial charge in [0.1, 0.15) is 29.4 Å². The number of ketones is 2. The smallest absolute Gasteiger partial charge is 0.372 e. The summed E-state index contributed by atoms with van der Waals surface area (Å²) in [6, 6.07) is 12.0. The molecule has 0 aliphatic carbocycles. The summed E-state index contributed by atoms with van der Waals surface area (Å²) in [6.45, 7) is 0.976. The van der Waals surface area contributed by atoms with Gasteiger partial charge in [-0.25, -0.2) is 4.79 Å². The fourth-order valence-corrected chi connectivity index (χ4v) is 2.81. The Morgan fingerprint density at radius 3 is 1.94 bits per heavy atom. The number of benzene rings is 2. The third-order valence-corrected chi connectivity index (χ3v) is 4.59. The highest BCUT2D eigenvalue weighted by Crippen LogP contribution is 2.36. The Morgan fingerprint density at radius 1 is 0.778 bits per heavy atom. The molecule has 0 saturated heterocycles. The molecule has 0 aliphatic heterocycles. The van der Waals surface area contributed by atoms with Crippen molar-refractivity contribution in [1.29, 1.82) is 0 Å². The molecule has 36 heavy (non-hydrogen) atoms. The first-order valence-electron chi connectivity index (χ1n) is 11.0. The third kappa shape index (κ3) is 10.0. The summed E-state index contributed by atoms with van der Waals surface area (Å²) in [5, 5.41) is 8.96. The molecular formula is C25H30O11. The number of hydrogen-bond acceptors (Lipinski definition) is 10. The first kappa shape index (κ1) is 28.7. The number of hydrogen-bond donors (Lipinski definition) is 1. The van der Waals surface area contributed by atoms with E-state index in [1.807, 2.05) is 30.3 Å². The fraction of sp³-hybridized carbons (Fsp3) is 0.400. The zero-order valence-corrected chi connectivity index (χ0v) is 20.2. The van der Waals surface area contributed by atoms with Gasteiger partial charge in [0.25, 0.3) is 0 Å². The molecule has 2 rings (SSSR count). The largest absolute Gasteiger partial charge is 0.488 e. The lowest BCUT2D eigenvalue weighted by molar-refractivity contribution is -0.148. The Bertz CT molecular complexity index is 975. The molecule has 0 atom stereocenters. The van der Waals surface area contributed by atoms with Crippen LogP contribution in [0, 0.1) is 0 Å². The maximum atomic E-state index is 13.0. The molecule has 0 radical (unpaired) electrons. The predicted molar refractivity (Wildman–Crippen MR) is 125 cm³/mol. The van der Waals surface area contributed by atoms with Crippen LogP contribution in [0.4, 0.5) is 0 Å². The van der Waals surface area contributed by atoms with Crippen LogP contribution in [-0.4, -0.2) is 76.9 Å². The molecule has 196 valence electrons. The number of carbonyl (C=O) groups is 3. The summed E-state index contributed by atoms with van der Waals surface area (Å²) in [6.07, 6.45) is -0.877. The number of Topliss-reactive ketones (excluding diaryl/α,β-unsaturated/α-hetero) is 2. The lowest BCUT2D eigenvalue weighted by Crippen LogP contribution is -2.19. The molecule has 0 heterocycles. The summed E-state index contributed by atoms with van der Waals surface area (Å²) in [5.41, 5.74) is 0.709. The Labute approximate surface area is 208 Å². The highest BCUT2D eigenvalue weighted by Gasteiger charge is 2.26. The summed E-state index contributed by atoms with van der Waals surface area (Å²) >= 11 is 0. The van der Waals surface area contributed by atoms with Gasteiger partial charge in [-0.05, 0) is 5.56 Å². The molecule has 11 heteroatoms. The van der Waals surface area contributed by atoms with E-state index in [4.69, 9.17) is 38.3 Å². The quantitative estimate of drug-likeness (QED) is 0.0989. The van der Waals surface area contributed by atoms with Gasteiger partial charge in [-0.15, -0.1) is 0 Å². The lowest BCUT2D eigenvalue weighted by atomic mass is 10.0. The number of carboxylic acid groups (broad SMARTS) is 1. The maximum absolute atomic E-state index is 13.0. The van der Waals surface area contributed by atoms with E-state index in [0.717, 1.165) is 5.56 Å². The van der Waals surface area contributed by atoms with Crippen molar-refractivity contribution in [3.05, 3.63) is 53.6 Å². The first-order valence-corrected chi connectivity index (χ1v) is 11.0. The summed E-state index contributed by atoms with van der Waals surface area (Å²) < 4.78 is 37.6. The van der Waals surface area contributed by atoms with E-state index in [2.05, 4.69) is 0 Å². The Balaban J connectivity index is 2.35. The standard InChI is InChI=1S/C25H30O11/c1-30-8-10-32-16-35-19-12-22(34-15-18-6-4-3-5-7-18)24(20(26)14-21(27)25(28)29)23(13-19)36-17-33-11-9-31-2/h3-7,12-13H,8-11,14-17H2,1-2H3,(H,28,29). The summed E-state index contributed by atoms with van der Waals surface area (Å²) in [5.74, 6) is -3.48. The number of methoxy groups -OCH3 is 2. The van der Waals surface area contributed by atoms with Crippen LogP contribution in [0.5, 0.6) is 17.2 Å². The van der Waals surface area contributed by atoms with Crippen LogP contribution in [0.3, 0.4) is 0 Å². The van der Waals surface area contributed by atoms with Gasteiger partial charge in [-0.1, -0.05) is 30.3 Å². The normalized spacial score (nSPS) is 10.6.